The number of aliphatic carboxylic acids is 1. The molecule has 0 aromatic rings. The molecule has 11 heavy (non-hydrogen) atoms. The Morgan fingerprint density at radius 3 is 2.73 bits per heavy atom. The molecule has 3 heteroatoms. The van der Waals surface area contributed by atoms with Crippen LogP contribution in [0.15, 0.2) is 0 Å². The van der Waals surface area contributed by atoms with Crippen molar-refractivity contribution < 1.29 is 14.7 Å². The average molecular weight is 156 g/mol. The second kappa shape index (κ2) is 3.03. The summed E-state index contributed by atoms with van der Waals surface area (Å²) < 4.78 is 0. The van der Waals surface area contributed by atoms with Gasteiger partial charge in [-0.05, 0) is 12.3 Å². The second-order valence-corrected chi connectivity index (χ2v) is 3.15. The number of carbonyl (C=O) groups excluding carboxylic acids is 1. The summed E-state index contributed by atoms with van der Waals surface area (Å²) in [6, 6.07) is 0. The fraction of sp³-hybridized carbons (Fsp3) is 0.750. The summed E-state index contributed by atoms with van der Waals surface area (Å²) in [4.78, 5) is 21.3. The number of Topliss-reactive ketones (excluding diaryl/α,β-unsaturated/α-hetero) is 1. The minimum Gasteiger partial charge on any atom is -0.481 e. The number of carboxylic acid groups (broad SMARTS) is 1. The zero-order chi connectivity index (χ0) is 8.43. The molecule has 0 spiro atoms. The van der Waals surface area contributed by atoms with Crippen LogP contribution in [0.3, 0.4) is 0 Å². The quantitative estimate of drug-likeness (QED) is 0.650. The first-order valence-electron chi connectivity index (χ1n) is 3.85. The van der Waals surface area contributed by atoms with Crippen molar-refractivity contribution in [3.8, 4) is 0 Å². The van der Waals surface area contributed by atoms with E-state index in [1.165, 1.54) is 0 Å². The maximum absolute atomic E-state index is 11.0. The van der Waals surface area contributed by atoms with Gasteiger partial charge in [0, 0.05) is 18.8 Å². The summed E-state index contributed by atoms with van der Waals surface area (Å²) in [6.07, 6.45) is 1.47. The van der Waals surface area contributed by atoms with E-state index in [1.807, 2.05) is 6.92 Å². The van der Waals surface area contributed by atoms with Crippen LogP contribution >= 0.6 is 0 Å². The first-order valence-corrected chi connectivity index (χ1v) is 3.85. The molecule has 1 aliphatic carbocycles. The lowest BCUT2D eigenvalue weighted by Gasteiger charge is -2.09. The molecule has 0 aliphatic heterocycles. The van der Waals surface area contributed by atoms with Crippen LogP contribution in [0.25, 0.3) is 0 Å². The Balaban J connectivity index is 2.48. The van der Waals surface area contributed by atoms with Gasteiger partial charge in [0.1, 0.15) is 5.78 Å². The van der Waals surface area contributed by atoms with Crippen LogP contribution in [-0.2, 0) is 9.59 Å². The summed E-state index contributed by atoms with van der Waals surface area (Å²) in [5.74, 6) is -0.529. The van der Waals surface area contributed by atoms with Crippen LogP contribution in [0.1, 0.15) is 26.2 Å². The maximum atomic E-state index is 11.0. The van der Waals surface area contributed by atoms with E-state index in [2.05, 4.69) is 0 Å². The zero-order valence-corrected chi connectivity index (χ0v) is 6.54. The molecule has 0 unspecified atom stereocenters. The summed E-state index contributed by atoms with van der Waals surface area (Å²) in [7, 11) is 0. The van der Waals surface area contributed by atoms with Crippen LogP contribution in [0.5, 0.6) is 0 Å². The SMILES string of the molecule is C[C@H]1C(=O)CC[C@H]1CC(=O)O. The normalized spacial score (nSPS) is 30.8. The lowest BCUT2D eigenvalue weighted by Crippen LogP contribution is -2.14. The van der Waals surface area contributed by atoms with Crippen LogP contribution in [-0.4, -0.2) is 16.9 Å². The first-order chi connectivity index (χ1) is 5.11. The van der Waals surface area contributed by atoms with E-state index in [0.717, 1.165) is 6.42 Å². The summed E-state index contributed by atoms with van der Waals surface area (Å²) in [6.45, 7) is 1.82. The van der Waals surface area contributed by atoms with E-state index in [-0.39, 0.29) is 24.0 Å². The Morgan fingerprint density at radius 1 is 1.73 bits per heavy atom. The molecule has 1 saturated carbocycles. The minimum absolute atomic E-state index is 0.0360. The molecule has 62 valence electrons. The predicted molar refractivity (Wildman–Crippen MR) is 39.1 cm³/mol. The molecule has 1 N–H and O–H groups in total. The minimum atomic E-state index is -0.795. The van der Waals surface area contributed by atoms with E-state index in [1.54, 1.807) is 0 Å². The first kappa shape index (κ1) is 8.24. The van der Waals surface area contributed by atoms with E-state index in [0.29, 0.717) is 6.42 Å². The van der Waals surface area contributed by atoms with E-state index < -0.39 is 5.97 Å². The van der Waals surface area contributed by atoms with Crippen LogP contribution < -0.4 is 0 Å². The van der Waals surface area contributed by atoms with Crippen LogP contribution in [0, 0.1) is 11.8 Å². The van der Waals surface area contributed by atoms with Gasteiger partial charge in [0.05, 0.1) is 0 Å². The molecule has 0 aromatic carbocycles. The van der Waals surface area contributed by atoms with E-state index in [9.17, 15) is 9.59 Å². The molecule has 0 heterocycles. The third-order valence-electron chi connectivity index (χ3n) is 2.41. The number of rotatable bonds is 2. The van der Waals surface area contributed by atoms with Crippen molar-refractivity contribution in [1.82, 2.24) is 0 Å². The summed E-state index contributed by atoms with van der Waals surface area (Å²) in [5.41, 5.74) is 0. The third-order valence-corrected chi connectivity index (χ3v) is 2.41. The van der Waals surface area contributed by atoms with Gasteiger partial charge in [0.25, 0.3) is 0 Å². The fourth-order valence-electron chi connectivity index (χ4n) is 1.57. The molecule has 1 aliphatic rings. The monoisotopic (exact) mass is 156 g/mol. The van der Waals surface area contributed by atoms with Crippen molar-refractivity contribution in [1.29, 1.82) is 0 Å². The van der Waals surface area contributed by atoms with Crippen molar-refractivity contribution >= 4 is 11.8 Å². The van der Waals surface area contributed by atoms with Crippen molar-refractivity contribution in [3.05, 3.63) is 0 Å². The highest BCUT2D eigenvalue weighted by molar-refractivity contribution is 5.83. The highest BCUT2D eigenvalue weighted by atomic mass is 16.4. The Labute approximate surface area is 65.4 Å². The molecule has 0 amide bonds. The Hall–Kier alpha value is -0.860. The number of hydrogen-bond acceptors (Lipinski definition) is 2. The molecule has 0 radical (unpaired) electrons. The average Bonchev–Trinajstić information content (AvgIpc) is 2.18. The molecule has 0 saturated heterocycles. The lowest BCUT2D eigenvalue weighted by molar-refractivity contribution is -0.138. The number of carboxylic acids is 1. The van der Waals surface area contributed by atoms with Crippen LogP contribution in [0.4, 0.5) is 0 Å². The number of carbonyl (C=O) groups is 2. The molecule has 1 rings (SSSR count). The number of hydrogen-bond donors (Lipinski definition) is 1. The standard InChI is InChI=1S/C8H12O3/c1-5-6(4-8(10)11)2-3-7(5)9/h5-6H,2-4H2,1H3,(H,10,11)/t5-,6+/m1/s1. The second-order valence-electron chi connectivity index (χ2n) is 3.15. The van der Waals surface area contributed by atoms with Gasteiger partial charge < -0.3 is 5.11 Å². The van der Waals surface area contributed by atoms with Crippen molar-refractivity contribution in [2.45, 2.75) is 26.2 Å². The van der Waals surface area contributed by atoms with E-state index in [4.69, 9.17) is 5.11 Å². The molecular weight excluding hydrogens is 144 g/mol. The highest BCUT2D eigenvalue weighted by Gasteiger charge is 2.31. The van der Waals surface area contributed by atoms with Crippen molar-refractivity contribution in [2.24, 2.45) is 11.8 Å². The Kier molecular flexibility index (Phi) is 2.27. The summed E-state index contributed by atoms with van der Waals surface area (Å²) >= 11 is 0. The van der Waals surface area contributed by atoms with Crippen LogP contribution in [0.2, 0.25) is 0 Å². The highest BCUT2D eigenvalue weighted by Crippen LogP contribution is 2.30. The molecule has 3 nitrogen and oxygen atoms in total. The van der Waals surface area contributed by atoms with Gasteiger partial charge in [0.2, 0.25) is 0 Å². The van der Waals surface area contributed by atoms with Gasteiger partial charge in [-0.25, -0.2) is 0 Å². The molecule has 0 bridgehead atoms. The molecular formula is C8H12O3. The predicted octanol–water partition coefficient (Wildman–Crippen LogP) is 1.08. The largest absolute Gasteiger partial charge is 0.481 e. The van der Waals surface area contributed by atoms with Gasteiger partial charge in [0.15, 0.2) is 0 Å². The lowest BCUT2D eigenvalue weighted by atomic mass is 9.94. The van der Waals surface area contributed by atoms with Gasteiger partial charge in [-0.2, -0.15) is 0 Å². The molecule has 1 fully saturated rings. The smallest absolute Gasteiger partial charge is 0.303 e. The Morgan fingerprint density at radius 2 is 2.36 bits per heavy atom. The topological polar surface area (TPSA) is 54.4 Å². The number of ketones is 1. The van der Waals surface area contributed by atoms with Gasteiger partial charge in [-0.3, -0.25) is 9.59 Å². The van der Waals surface area contributed by atoms with Crippen molar-refractivity contribution in [2.75, 3.05) is 0 Å². The van der Waals surface area contributed by atoms with Crippen molar-refractivity contribution in [3.63, 3.8) is 0 Å². The van der Waals surface area contributed by atoms with E-state index >= 15 is 0 Å². The third kappa shape index (κ3) is 1.79. The zero-order valence-electron chi connectivity index (χ0n) is 6.54. The fourth-order valence-corrected chi connectivity index (χ4v) is 1.57. The molecule has 0 aromatic heterocycles. The maximum Gasteiger partial charge on any atom is 0.303 e. The summed E-state index contributed by atoms with van der Waals surface area (Å²) in [5, 5.41) is 8.47. The van der Waals surface area contributed by atoms with Gasteiger partial charge in [-0.15, -0.1) is 0 Å². The Bertz CT molecular complexity index is 186. The molecule has 2 atom stereocenters. The van der Waals surface area contributed by atoms with Gasteiger partial charge >= 0.3 is 5.97 Å². The van der Waals surface area contributed by atoms with Gasteiger partial charge in [-0.1, -0.05) is 6.92 Å².